The molecule has 0 radical (unpaired) electrons. The molecule has 74 valence electrons. The summed E-state index contributed by atoms with van der Waals surface area (Å²) in [6, 6.07) is 0. The fraction of sp³-hybridized carbons (Fsp3) is 0.857. The Labute approximate surface area is 85.2 Å². The van der Waals surface area contributed by atoms with E-state index in [0.29, 0.717) is 13.0 Å². The van der Waals surface area contributed by atoms with Crippen LogP contribution in [0.4, 0.5) is 0 Å². The van der Waals surface area contributed by atoms with Crippen LogP contribution < -0.4 is 0 Å². The van der Waals surface area contributed by atoms with Crippen LogP contribution in [0.2, 0.25) is 0 Å². The van der Waals surface area contributed by atoms with E-state index < -0.39 is 4.32 Å². The lowest BCUT2D eigenvalue weighted by Gasteiger charge is -2.14. The molecule has 0 aliphatic carbocycles. The van der Waals surface area contributed by atoms with Gasteiger partial charge in [-0.1, -0.05) is 21.0 Å². The molecule has 0 aliphatic heterocycles. The average Bonchev–Trinajstić information content (AvgIpc) is 2.02. The Balaban J connectivity index is 3.54. The average molecular weight is 250 g/mol. The first-order valence-corrected chi connectivity index (χ1v) is 4.65. The van der Waals surface area contributed by atoms with E-state index in [1.165, 1.54) is 0 Å². The van der Waals surface area contributed by atoms with Gasteiger partial charge in [0.15, 0.2) is 0 Å². The zero-order valence-electron chi connectivity index (χ0n) is 7.66. The van der Waals surface area contributed by atoms with Crippen LogP contribution in [-0.2, 0) is 9.53 Å². The molecule has 0 amide bonds. The zero-order valence-corrected chi connectivity index (χ0v) is 9.24. The first kappa shape index (κ1) is 12.3. The molecule has 13 heavy (non-hydrogen) atoms. The molecular formula is C7H12BrN3O2. The molecule has 0 unspecified atom stereocenters. The van der Waals surface area contributed by atoms with Crippen LogP contribution in [0.25, 0.3) is 10.4 Å². The summed E-state index contributed by atoms with van der Waals surface area (Å²) in [7, 11) is 0. The molecule has 0 aromatic heterocycles. The van der Waals surface area contributed by atoms with Gasteiger partial charge in [0.05, 0.1) is 6.61 Å². The number of alkyl halides is 1. The maximum absolute atomic E-state index is 11.1. The molecular weight excluding hydrogens is 238 g/mol. The lowest BCUT2D eigenvalue weighted by atomic mass is 10.2. The smallest absolute Gasteiger partial charge is 0.322 e. The lowest BCUT2D eigenvalue weighted by molar-refractivity contribution is -0.145. The second-order valence-electron chi connectivity index (χ2n) is 2.92. The van der Waals surface area contributed by atoms with Gasteiger partial charge in [-0.2, -0.15) is 0 Å². The molecule has 0 N–H and O–H groups in total. The summed E-state index contributed by atoms with van der Waals surface area (Å²) in [5, 5.41) is 3.31. The van der Waals surface area contributed by atoms with Crippen LogP contribution >= 0.6 is 15.9 Å². The predicted molar refractivity (Wildman–Crippen MR) is 52.6 cm³/mol. The van der Waals surface area contributed by atoms with E-state index >= 15 is 0 Å². The van der Waals surface area contributed by atoms with E-state index in [0.717, 1.165) is 0 Å². The molecule has 0 fully saturated rings. The number of carbonyl (C=O) groups excluding carboxylic acids is 1. The van der Waals surface area contributed by atoms with Crippen molar-refractivity contribution in [3.63, 3.8) is 0 Å². The molecule has 0 aromatic rings. The molecule has 0 atom stereocenters. The molecule has 0 heterocycles. The van der Waals surface area contributed by atoms with Gasteiger partial charge in [-0.3, -0.25) is 4.79 Å². The van der Waals surface area contributed by atoms with Crippen molar-refractivity contribution in [1.82, 2.24) is 0 Å². The van der Waals surface area contributed by atoms with Crippen molar-refractivity contribution in [3.8, 4) is 0 Å². The lowest BCUT2D eigenvalue weighted by Crippen LogP contribution is -2.26. The summed E-state index contributed by atoms with van der Waals surface area (Å²) in [6.07, 6.45) is 0.554. The third-order valence-corrected chi connectivity index (χ3v) is 1.51. The molecule has 0 aromatic carbocycles. The molecule has 0 aliphatic rings. The number of ether oxygens (including phenoxy) is 1. The summed E-state index contributed by atoms with van der Waals surface area (Å²) < 4.78 is 4.24. The van der Waals surface area contributed by atoms with E-state index in [9.17, 15) is 4.79 Å². The molecule has 6 heteroatoms. The van der Waals surface area contributed by atoms with E-state index in [1.54, 1.807) is 13.8 Å². The van der Waals surface area contributed by atoms with E-state index in [2.05, 4.69) is 26.0 Å². The molecule has 0 saturated carbocycles. The quantitative estimate of drug-likeness (QED) is 0.187. The number of azide groups is 1. The van der Waals surface area contributed by atoms with Gasteiger partial charge in [0.25, 0.3) is 0 Å². The van der Waals surface area contributed by atoms with Gasteiger partial charge in [-0.15, -0.1) is 0 Å². The number of rotatable bonds is 5. The van der Waals surface area contributed by atoms with Crippen molar-refractivity contribution in [2.24, 2.45) is 5.11 Å². The first-order valence-electron chi connectivity index (χ1n) is 3.85. The Kier molecular flexibility index (Phi) is 5.50. The number of halogens is 1. The maximum atomic E-state index is 11.1. The Hall–Kier alpha value is -0.740. The van der Waals surface area contributed by atoms with Gasteiger partial charge in [0, 0.05) is 11.5 Å². The summed E-state index contributed by atoms with van der Waals surface area (Å²) in [6.45, 7) is 4.06. The zero-order chi connectivity index (χ0) is 10.3. The van der Waals surface area contributed by atoms with Crippen LogP contribution in [-0.4, -0.2) is 23.4 Å². The Morgan fingerprint density at radius 1 is 1.69 bits per heavy atom. The number of carbonyl (C=O) groups is 1. The number of esters is 1. The van der Waals surface area contributed by atoms with Gasteiger partial charge >= 0.3 is 5.97 Å². The molecule has 0 saturated heterocycles. The summed E-state index contributed by atoms with van der Waals surface area (Å²) in [5.41, 5.74) is 7.95. The summed E-state index contributed by atoms with van der Waals surface area (Å²) in [4.78, 5) is 13.7. The van der Waals surface area contributed by atoms with Crippen LogP contribution in [0.1, 0.15) is 20.3 Å². The van der Waals surface area contributed by atoms with Crippen molar-refractivity contribution in [1.29, 1.82) is 0 Å². The topological polar surface area (TPSA) is 75.1 Å². The third kappa shape index (κ3) is 6.42. The summed E-state index contributed by atoms with van der Waals surface area (Å²) in [5.74, 6) is -0.312. The Morgan fingerprint density at radius 2 is 2.31 bits per heavy atom. The van der Waals surface area contributed by atoms with E-state index in [-0.39, 0.29) is 12.6 Å². The highest BCUT2D eigenvalue weighted by atomic mass is 79.9. The van der Waals surface area contributed by atoms with Crippen molar-refractivity contribution < 1.29 is 9.53 Å². The highest BCUT2D eigenvalue weighted by molar-refractivity contribution is 9.10. The van der Waals surface area contributed by atoms with Gasteiger partial charge in [-0.05, 0) is 25.8 Å². The SMILES string of the molecule is CC(C)(Br)C(=O)OCCCN=[N+]=[N-]. The van der Waals surface area contributed by atoms with Crippen molar-refractivity contribution in [2.45, 2.75) is 24.6 Å². The van der Waals surface area contributed by atoms with Crippen LogP contribution in [0, 0.1) is 0 Å². The highest BCUT2D eigenvalue weighted by Gasteiger charge is 2.24. The fourth-order valence-corrected chi connectivity index (χ4v) is 0.631. The standard InChI is InChI=1S/C7H12BrN3O2/c1-7(2,8)6(12)13-5-3-4-10-11-9/h3-5H2,1-2H3. The molecule has 5 nitrogen and oxygen atoms in total. The fourth-order valence-electron chi connectivity index (χ4n) is 0.516. The van der Waals surface area contributed by atoms with Gasteiger partial charge in [-0.25, -0.2) is 0 Å². The largest absolute Gasteiger partial charge is 0.465 e. The minimum Gasteiger partial charge on any atom is -0.465 e. The monoisotopic (exact) mass is 249 g/mol. The first-order chi connectivity index (χ1) is 5.98. The number of nitrogens with zero attached hydrogens (tertiary/aromatic N) is 3. The van der Waals surface area contributed by atoms with Crippen molar-refractivity contribution >= 4 is 21.9 Å². The minimum absolute atomic E-state index is 0.285. The second kappa shape index (κ2) is 5.83. The van der Waals surface area contributed by atoms with Crippen LogP contribution in [0.5, 0.6) is 0 Å². The summed E-state index contributed by atoms with van der Waals surface area (Å²) >= 11 is 3.17. The van der Waals surface area contributed by atoms with Crippen LogP contribution in [0.15, 0.2) is 5.11 Å². The Morgan fingerprint density at radius 3 is 2.77 bits per heavy atom. The number of hydrogen-bond acceptors (Lipinski definition) is 3. The second-order valence-corrected chi connectivity index (χ2v) is 4.90. The molecule has 0 rings (SSSR count). The maximum Gasteiger partial charge on any atom is 0.322 e. The molecule has 0 bridgehead atoms. The normalized spacial score (nSPS) is 10.4. The van der Waals surface area contributed by atoms with Gasteiger partial charge in [0.1, 0.15) is 4.32 Å². The molecule has 0 spiro atoms. The van der Waals surface area contributed by atoms with Gasteiger partial charge in [0.2, 0.25) is 0 Å². The van der Waals surface area contributed by atoms with E-state index in [4.69, 9.17) is 10.3 Å². The number of hydrogen-bond donors (Lipinski definition) is 0. The Bertz CT molecular complexity index is 218. The highest BCUT2D eigenvalue weighted by Crippen LogP contribution is 2.17. The van der Waals surface area contributed by atoms with E-state index in [1.807, 2.05) is 0 Å². The minimum atomic E-state index is -0.647. The predicted octanol–water partition coefficient (Wildman–Crippen LogP) is 2.40. The van der Waals surface area contributed by atoms with Crippen LogP contribution in [0.3, 0.4) is 0 Å². The third-order valence-electron chi connectivity index (χ3n) is 1.18. The van der Waals surface area contributed by atoms with Crippen molar-refractivity contribution in [3.05, 3.63) is 10.4 Å². The van der Waals surface area contributed by atoms with Crippen molar-refractivity contribution in [2.75, 3.05) is 13.2 Å². The van der Waals surface area contributed by atoms with Gasteiger partial charge < -0.3 is 4.74 Å².